The van der Waals surface area contributed by atoms with Gasteiger partial charge in [-0.3, -0.25) is 0 Å². The molecule has 2 aromatic carbocycles. The number of nitrogens with zero attached hydrogens (tertiary/aromatic N) is 1. The molecule has 0 aromatic heterocycles. The van der Waals surface area contributed by atoms with Crippen molar-refractivity contribution in [2.24, 2.45) is 4.99 Å². The van der Waals surface area contributed by atoms with Crippen LogP contribution in [0.2, 0.25) is 0 Å². The minimum atomic E-state index is -3.25. The number of alkyl halides is 2. The van der Waals surface area contributed by atoms with Crippen molar-refractivity contribution in [3.05, 3.63) is 59.7 Å². The van der Waals surface area contributed by atoms with E-state index in [1.807, 2.05) is 6.92 Å². The maximum Gasteiger partial charge on any atom is 0.387 e. The molecule has 0 fully saturated rings. The first-order chi connectivity index (χ1) is 14.2. The Morgan fingerprint density at radius 2 is 1.73 bits per heavy atom. The first kappa shape index (κ1) is 23.6. The second kappa shape index (κ2) is 10.9. The van der Waals surface area contributed by atoms with Gasteiger partial charge >= 0.3 is 6.61 Å². The van der Waals surface area contributed by atoms with Crippen molar-refractivity contribution in [1.82, 2.24) is 10.6 Å². The summed E-state index contributed by atoms with van der Waals surface area (Å²) in [6.07, 6.45) is 0.265. The molecule has 0 amide bonds. The fraction of sp³-hybridized carbons (Fsp3) is 0.350. The van der Waals surface area contributed by atoms with Crippen LogP contribution in [0.15, 0.2) is 58.4 Å². The van der Waals surface area contributed by atoms with Gasteiger partial charge in [-0.1, -0.05) is 24.3 Å². The van der Waals surface area contributed by atoms with Crippen molar-refractivity contribution in [2.75, 3.05) is 19.3 Å². The molecule has 0 radical (unpaired) electrons. The van der Waals surface area contributed by atoms with Gasteiger partial charge in [-0.15, -0.1) is 0 Å². The Morgan fingerprint density at radius 3 is 2.27 bits per heavy atom. The zero-order chi connectivity index (χ0) is 22.1. The number of guanidine groups is 1. The highest BCUT2D eigenvalue weighted by Gasteiger charge is 2.11. The molecule has 10 heteroatoms. The molecule has 0 bridgehead atoms. The lowest BCUT2D eigenvalue weighted by Crippen LogP contribution is -2.39. The van der Waals surface area contributed by atoms with Crippen LogP contribution in [0.3, 0.4) is 0 Å². The van der Waals surface area contributed by atoms with Crippen LogP contribution < -0.4 is 15.4 Å². The lowest BCUT2D eigenvalue weighted by Gasteiger charge is -2.16. The van der Waals surface area contributed by atoms with E-state index in [4.69, 9.17) is 0 Å². The van der Waals surface area contributed by atoms with Gasteiger partial charge in [0, 0.05) is 19.3 Å². The third kappa shape index (κ3) is 7.60. The van der Waals surface area contributed by atoms with Crippen LogP contribution in [0.5, 0.6) is 5.75 Å². The summed E-state index contributed by atoms with van der Waals surface area (Å²) in [5.74, 6) is 0.493. The summed E-state index contributed by atoms with van der Waals surface area (Å²) in [6, 6.07) is 12.2. The van der Waals surface area contributed by atoms with Crippen molar-refractivity contribution in [2.45, 2.75) is 31.1 Å². The molecule has 3 N–H and O–H groups in total. The van der Waals surface area contributed by atoms with Gasteiger partial charge in [-0.25, -0.2) is 13.4 Å². The number of hydrogen-bond donors (Lipinski definition) is 3. The molecule has 164 valence electrons. The van der Waals surface area contributed by atoms with Crippen LogP contribution >= 0.6 is 0 Å². The monoisotopic (exact) mass is 441 g/mol. The Balaban J connectivity index is 1.95. The van der Waals surface area contributed by atoms with Crippen LogP contribution in [0.25, 0.3) is 0 Å². The third-order valence-electron chi connectivity index (χ3n) is 4.07. The minimum Gasteiger partial charge on any atom is -0.435 e. The van der Waals surface area contributed by atoms with E-state index in [1.165, 1.54) is 36.4 Å². The molecule has 2 aromatic rings. The first-order valence-corrected chi connectivity index (χ1v) is 11.1. The largest absolute Gasteiger partial charge is 0.435 e. The molecule has 0 heterocycles. The van der Waals surface area contributed by atoms with Crippen LogP contribution in [-0.2, 0) is 16.4 Å². The zero-order valence-electron chi connectivity index (χ0n) is 16.7. The second-order valence-electron chi connectivity index (χ2n) is 6.46. The summed E-state index contributed by atoms with van der Waals surface area (Å²) in [5.41, 5.74) is 1.37. The predicted octanol–water partition coefficient (Wildman–Crippen LogP) is 2.48. The maximum absolute atomic E-state index is 12.2. The van der Waals surface area contributed by atoms with Crippen LogP contribution in [0.4, 0.5) is 8.78 Å². The van der Waals surface area contributed by atoms with Gasteiger partial charge in [-0.2, -0.15) is 8.78 Å². The Kier molecular flexibility index (Phi) is 8.55. The van der Waals surface area contributed by atoms with E-state index in [-0.39, 0.29) is 17.2 Å². The van der Waals surface area contributed by atoms with Crippen molar-refractivity contribution < 1.29 is 27.0 Å². The standard InChI is InChI=1S/C20H25F2N3O4S/c1-3-23-20(24-12-14-4-10-17(11-5-14)30(2,27)28)25-13-18(26)15-6-8-16(9-7-15)29-19(21)22/h4-11,18-19,26H,3,12-13H2,1-2H3,(H2,23,24,25). The van der Waals surface area contributed by atoms with Gasteiger partial charge < -0.3 is 20.5 Å². The second-order valence-corrected chi connectivity index (χ2v) is 8.47. The number of aliphatic imine (C=N–C) groups is 1. The Bertz CT molecular complexity index is 934. The number of aliphatic hydroxyl groups is 1. The fourth-order valence-electron chi connectivity index (χ4n) is 2.54. The molecule has 0 aliphatic rings. The highest BCUT2D eigenvalue weighted by Crippen LogP contribution is 2.19. The molecule has 0 aliphatic carbocycles. The number of aliphatic hydroxyl groups excluding tert-OH is 1. The molecule has 0 aliphatic heterocycles. The van der Waals surface area contributed by atoms with Gasteiger partial charge in [0.1, 0.15) is 5.75 Å². The average molecular weight is 442 g/mol. The molecule has 0 spiro atoms. The van der Waals surface area contributed by atoms with Crippen molar-refractivity contribution in [3.8, 4) is 5.75 Å². The van der Waals surface area contributed by atoms with Crippen molar-refractivity contribution in [3.63, 3.8) is 0 Å². The van der Waals surface area contributed by atoms with Crippen molar-refractivity contribution >= 4 is 15.8 Å². The number of hydrogen-bond acceptors (Lipinski definition) is 5. The first-order valence-electron chi connectivity index (χ1n) is 9.23. The highest BCUT2D eigenvalue weighted by atomic mass is 32.2. The van der Waals surface area contributed by atoms with E-state index in [2.05, 4.69) is 20.4 Å². The van der Waals surface area contributed by atoms with Crippen LogP contribution in [-0.4, -0.2) is 45.4 Å². The summed E-state index contributed by atoms with van der Waals surface area (Å²) < 4.78 is 51.7. The molecule has 0 saturated carbocycles. The third-order valence-corrected chi connectivity index (χ3v) is 5.20. The number of nitrogens with one attached hydrogen (secondary N) is 2. The smallest absolute Gasteiger partial charge is 0.387 e. The number of sulfone groups is 1. The van der Waals surface area contributed by atoms with E-state index in [0.29, 0.717) is 24.6 Å². The Morgan fingerprint density at radius 1 is 1.10 bits per heavy atom. The predicted molar refractivity (Wildman–Crippen MR) is 110 cm³/mol. The molecule has 7 nitrogen and oxygen atoms in total. The molecular weight excluding hydrogens is 416 g/mol. The van der Waals surface area contributed by atoms with E-state index in [0.717, 1.165) is 11.8 Å². The lowest BCUT2D eigenvalue weighted by molar-refractivity contribution is -0.0498. The van der Waals surface area contributed by atoms with E-state index in [9.17, 15) is 22.3 Å². The minimum absolute atomic E-state index is 0.0192. The molecule has 0 saturated heterocycles. The van der Waals surface area contributed by atoms with Gasteiger partial charge in [-0.05, 0) is 42.3 Å². The van der Waals surface area contributed by atoms with Gasteiger partial charge in [0.2, 0.25) is 0 Å². The van der Waals surface area contributed by atoms with E-state index < -0.39 is 22.6 Å². The summed E-state index contributed by atoms with van der Waals surface area (Å²) in [4.78, 5) is 4.66. The van der Waals surface area contributed by atoms with Gasteiger partial charge in [0.15, 0.2) is 15.8 Å². The lowest BCUT2D eigenvalue weighted by atomic mass is 10.1. The summed E-state index contributed by atoms with van der Waals surface area (Å²) >= 11 is 0. The summed E-state index contributed by atoms with van der Waals surface area (Å²) in [7, 11) is -3.25. The number of halogens is 2. The molecule has 1 unspecified atom stereocenters. The number of benzene rings is 2. The van der Waals surface area contributed by atoms with E-state index >= 15 is 0 Å². The number of rotatable bonds is 9. The molecule has 30 heavy (non-hydrogen) atoms. The van der Waals surface area contributed by atoms with Crippen LogP contribution in [0, 0.1) is 0 Å². The Labute approximate surface area is 174 Å². The average Bonchev–Trinajstić information content (AvgIpc) is 2.69. The Hall–Kier alpha value is -2.72. The molecular formula is C20H25F2N3O4S. The van der Waals surface area contributed by atoms with Crippen LogP contribution in [0.1, 0.15) is 24.2 Å². The van der Waals surface area contributed by atoms with E-state index in [1.54, 1.807) is 12.1 Å². The maximum atomic E-state index is 12.2. The quantitative estimate of drug-likeness (QED) is 0.408. The fourth-order valence-corrected chi connectivity index (χ4v) is 3.17. The summed E-state index contributed by atoms with van der Waals surface area (Å²) in [5, 5.41) is 16.4. The van der Waals surface area contributed by atoms with Crippen molar-refractivity contribution in [1.29, 1.82) is 0 Å². The molecule has 1 atom stereocenters. The van der Waals surface area contributed by atoms with Gasteiger partial charge in [0.05, 0.1) is 17.5 Å². The normalized spacial score (nSPS) is 13.2. The zero-order valence-corrected chi connectivity index (χ0v) is 17.5. The molecule has 2 rings (SSSR count). The topological polar surface area (TPSA) is 100 Å². The SMILES string of the molecule is CCNC(=NCc1ccc(S(C)(=O)=O)cc1)NCC(O)c1ccc(OC(F)F)cc1. The summed E-state index contributed by atoms with van der Waals surface area (Å²) in [6.45, 7) is 0.0670. The highest BCUT2D eigenvalue weighted by molar-refractivity contribution is 7.90. The van der Waals surface area contributed by atoms with Gasteiger partial charge in [0.25, 0.3) is 0 Å². The number of ether oxygens (including phenoxy) is 1.